The van der Waals surface area contributed by atoms with Crippen molar-refractivity contribution in [3.05, 3.63) is 71.6 Å². The molecule has 1 amide bonds. The quantitative estimate of drug-likeness (QED) is 0.788. The topological polar surface area (TPSA) is 75.3 Å². The molecule has 0 aliphatic rings. The Morgan fingerprint density at radius 2 is 1.88 bits per heavy atom. The number of nitrogens with one attached hydrogen (secondary N) is 2. The lowest BCUT2D eigenvalue weighted by atomic mass is 10.2. The molecule has 24 heavy (non-hydrogen) atoms. The SMILES string of the molecule is CS(=O)(=O)Nc1cccc(CNC(=O)/C=C/c2ccc(F)cc2)c1. The van der Waals surface area contributed by atoms with Crippen LogP contribution in [0.25, 0.3) is 6.08 Å². The summed E-state index contributed by atoms with van der Waals surface area (Å²) < 4.78 is 37.6. The van der Waals surface area contributed by atoms with Crippen molar-refractivity contribution < 1.29 is 17.6 Å². The third-order valence-corrected chi connectivity index (χ3v) is 3.60. The lowest BCUT2D eigenvalue weighted by molar-refractivity contribution is -0.116. The Labute approximate surface area is 140 Å². The largest absolute Gasteiger partial charge is 0.348 e. The number of carbonyl (C=O) groups excluding carboxylic acids is 1. The number of hydrogen-bond acceptors (Lipinski definition) is 3. The summed E-state index contributed by atoms with van der Waals surface area (Å²) in [6.45, 7) is 0.256. The van der Waals surface area contributed by atoms with Gasteiger partial charge in [-0.05, 0) is 41.5 Å². The zero-order chi connectivity index (χ0) is 17.6. The fourth-order valence-electron chi connectivity index (χ4n) is 1.95. The minimum Gasteiger partial charge on any atom is -0.348 e. The van der Waals surface area contributed by atoms with Gasteiger partial charge < -0.3 is 5.32 Å². The van der Waals surface area contributed by atoms with Crippen molar-refractivity contribution in [2.75, 3.05) is 11.0 Å². The molecule has 2 rings (SSSR count). The van der Waals surface area contributed by atoms with Gasteiger partial charge in [-0.25, -0.2) is 12.8 Å². The van der Waals surface area contributed by atoms with Gasteiger partial charge in [-0.15, -0.1) is 0 Å². The average Bonchev–Trinajstić information content (AvgIpc) is 2.51. The van der Waals surface area contributed by atoms with Gasteiger partial charge in [0.25, 0.3) is 0 Å². The van der Waals surface area contributed by atoms with Crippen LogP contribution in [0.15, 0.2) is 54.6 Å². The maximum absolute atomic E-state index is 12.8. The van der Waals surface area contributed by atoms with Crippen LogP contribution in [0.5, 0.6) is 0 Å². The second-order valence-corrected chi connectivity index (χ2v) is 6.93. The molecule has 0 saturated heterocycles. The molecular weight excluding hydrogens is 331 g/mol. The Kier molecular flexibility index (Phi) is 5.70. The van der Waals surface area contributed by atoms with Crippen molar-refractivity contribution in [3.8, 4) is 0 Å². The van der Waals surface area contributed by atoms with Gasteiger partial charge >= 0.3 is 0 Å². The number of hydrogen-bond donors (Lipinski definition) is 2. The van der Waals surface area contributed by atoms with Gasteiger partial charge in [0, 0.05) is 18.3 Å². The first-order chi connectivity index (χ1) is 11.3. The van der Waals surface area contributed by atoms with E-state index in [4.69, 9.17) is 0 Å². The van der Waals surface area contributed by atoms with Crippen LogP contribution < -0.4 is 10.0 Å². The number of anilines is 1. The first-order valence-electron chi connectivity index (χ1n) is 7.10. The summed E-state index contributed by atoms with van der Waals surface area (Å²) in [6, 6.07) is 12.5. The van der Waals surface area contributed by atoms with Crippen LogP contribution in [0.1, 0.15) is 11.1 Å². The van der Waals surface area contributed by atoms with Gasteiger partial charge in [-0.3, -0.25) is 9.52 Å². The average molecular weight is 348 g/mol. The van der Waals surface area contributed by atoms with Gasteiger partial charge in [0.05, 0.1) is 6.26 Å². The number of rotatable bonds is 6. The zero-order valence-corrected chi connectivity index (χ0v) is 13.8. The standard InChI is InChI=1S/C17H17FN2O3S/c1-24(22,23)20-16-4-2-3-14(11-16)12-19-17(21)10-7-13-5-8-15(18)9-6-13/h2-11,20H,12H2,1H3,(H,19,21)/b10-7+. The maximum Gasteiger partial charge on any atom is 0.244 e. The summed E-state index contributed by atoms with van der Waals surface area (Å²) in [5.74, 6) is -0.639. The van der Waals surface area contributed by atoms with E-state index in [0.29, 0.717) is 11.3 Å². The molecule has 7 heteroatoms. The fourth-order valence-corrected chi connectivity index (χ4v) is 2.51. The molecule has 0 saturated carbocycles. The normalized spacial score (nSPS) is 11.4. The minimum atomic E-state index is -3.34. The monoisotopic (exact) mass is 348 g/mol. The molecular formula is C17H17FN2O3S. The molecule has 0 aliphatic heterocycles. The zero-order valence-electron chi connectivity index (χ0n) is 13.0. The van der Waals surface area contributed by atoms with E-state index in [1.807, 2.05) is 0 Å². The van der Waals surface area contributed by atoms with Gasteiger partial charge in [0.15, 0.2) is 0 Å². The van der Waals surface area contributed by atoms with E-state index < -0.39 is 10.0 Å². The molecule has 0 heterocycles. The van der Waals surface area contributed by atoms with Crippen molar-refractivity contribution in [1.29, 1.82) is 0 Å². The molecule has 0 unspecified atom stereocenters. The van der Waals surface area contributed by atoms with Crippen molar-refractivity contribution in [1.82, 2.24) is 5.32 Å². The lowest BCUT2D eigenvalue weighted by Gasteiger charge is -2.07. The van der Waals surface area contributed by atoms with Crippen LogP contribution in [0.2, 0.25) is 0 Å². The Balaban J connectivity index is 1.92. The van der Waals surface area contributed by atoms with Gasteiger partial charge in [-0.1, -0.05) is 24.3 Å². The van der Waals surface area contributed by atoms with Gasteiger partial charge in [-0.2, -0.15) is 0 Å². The number of sulfonamides is 1. The molecule has 2 N–H and O–H groups in total. The third kappa shape index (κ3) is 6.21. The van der Waals surface area contributed by atoms with Crippen LogP contribution in [0.4, 0.5) is 10.1 Å². The smallest absolute Gasteiger partial charge is 0.244 e. The number of amides is 1. The third-order valence-electron chi connectivity index (χ3n) is 2.99. The Morgan fingerprint density at radius 3 is 2.54 bits per heavy atom. The van der Waals surface area contributed by atoms with E-state index in [0.717, 1.165) is 11.8 Å². The van der Waals surface area contributed by atoms with E-state index in [1.54, 1.807) is 42.5 Å². The molecule has 0 spiro atoms. The molecule has 0 atom stereocenters. The summed E-state index contributed by atoms with van der Waals surface area (Å²) >= 11 is 0. The number of benzene rings is 2. The highest BCUT2D eigenvalue weighted by molar-refractivity contribution is 7.92. The van der Waals surface area contributed by atoms with Gasteiger partial charge in [0.2, 0.25) is 15.9 Å². The lowest BCUT2D eigenvalue weighted by Crippen LogP contribution is -2.20. The first kappa shape index (κ1) is 17.7. The van der Waals surface area contributed by atoms with Crippen LogP contribution in [-0.4, -0.2) is 20.6 Å². The molecule has 5 nitrogen and oxygen atoms in total. The Bertz CT molecular complexity index is 846. The maximum atomic E-state index is 12.8. The molecule has 0 aliphatic carbocycles. The molecule has 0 fully saturated rings. The van der Waals surface area contributed by atoms with E-state index >= 15 is 0 Å². The first-order valence-corrected chi connectivity index (χ1v) is 8.99. The van der Waals surface area contributed by atoms with Crippen molar-refractivity contribution >= 4 is 27.7 Å². The van der Waals surface area contributed by atoms with E-state index in [1.165, 1.54) is 18.2 Å². The highest BCUT2D eigenvalue weighted by atomic mass is 32.2. The summed E-state index contributed by atoms with van der Waals surface area (Å²) in [5, 5.41) is 2.69. The van der Waals surface area contributed by atoms with Crippen LogP contribution in [-0.2, 0) is 21.4 Å². The highest BCUT2D eigenvalue weighted by Crippen LogP contribution is 2.12. The summed E-state index contributed by atoms with van der Waals surface area (Å²) in [7, 11) is -3.34. The van der Waals surface area contributed by atoms with Crippen LogP contribution in [0, 0.1) is 5.82 Å². The molecule has 0 aromatic heterocycles. The highest BCUT2D eigenvalue weighted by Gasteiger charge is 2.03. The van der Waals surface area contributed by atoms with Gasteiger partial charge in [0.1, 0.15) is 5.82 Å². The second kappa shape index (κ2) is 7.74. The van der Waals surface area contributed by atoms with E-state index in [2.05, 4.69) is 10.0 Å². The minimum absolute atomic E-state index is 0.256. The molecule has 2 aromatic rings. The predicted octanol–water partition coefficient (Wildman–Crippen LogP) is 2.53. The molecule has 2 aromatic carbocycles. The molecule has 0 radical (unpaired) electrons. The molecule has 0 bridgehead atoms. The predicted molar refractivity (Wildman–Crippen MR) is 92.2 cm³/mol. The van der Waals surface area contributed by atoms with Crippen molar-refractivity contribution in [3.63, 3.8) is 0 Å². The van der Waals surface area contributed by atoms with Crippen molar-refractivity contribution in [2.45, 2.75) is 6.54 Å². The second-order valence-electron chi connectivity index (χ2n) is 5.18. The number of halogens is 1. The van der Waals surface area contributed by atoms with Crippen molar-refractivity contribution in [2.24, 2.45) is 0 Å². The summed E-state index contributed by atoms with van der Waals surface area (Å²) in [6.07, 6.45) is 4.00. The molecule has 126 valence electrons. The Hall–Kier alpha value is -2.67. The summed E-state index contributed by atoms with van der Waals surface area (Å²) in [4.78, 5) is 11.8. The van der Waals surface area contributed by atoms with Crippen LogP contribution >= 0.6 is 0 Å². The number of carbonyl (C=O) groups is 1. The van der Waals surface area contributed by atoms with E-state index in [9.17, 15) is 17.6 Å². The fraction of sp³-hybridized carbons (Fsp3) is 0.118. The summed E-state index contributed by atoms with van der Waals surface area (Å²) in [5.41, 5.74) is 1.91. The van der Waals surface area contributed by atoms with Crippen LogP contribution in [0.3, 0.4) is 0 Å². The van der Waals surface area contributed by atoms with E-state index in [-0.39, 0.29) is 18.3 Å². The Morgan fingerprint density at radius 1 is 1.17 bits per heavy atom.